The molecule has 0 aromatic rings. The van der Waals surface area contributed by atoms with E-state index in [1.54, 1.807) is 0 Å². The molecule has 0 aliphatic rings. The average Bonchev–Trinajstić information content (AvgIpc) is 3.34. The zero-order valence-corrected chi connectivity index (χ0v) is 52.1. The van der Waals surface area contributed by atoms with Crippen LogP contribution in [-0.4, -0.2) is 87.8 Å². The second kappa shape index (κ2) is 63.9. The van der Waals surface area contributed by atoms with Crippen LogP contribution in [0.15, 0.2) is 0 Å². The van der Waals surface area contributed by atoms with Crippen LogP contribution in [0.3, 0.4) is 0 Å². The summed E-state index contributed by atoms with van der Waals surface area (Å²) in [6.45, 7) is 15.3. The summed E-state index contributed by atoms with van der Waals surface area (Å²) in [5, 5.41) is 0. The van der Waals surface area contributed by atoms with Crippen LogP contribution in [0.25, 0.3) is 0 Å². The predicted octanol–water partition coefficient (Wildman–Crippen LogP) is 20.3. The molecule has 0 aromatic heterocycles. The van der Waals surface area contributed by atoms with E-state index in [1.807, 2.05) is 58.8 Å². The van der Waals surface area contributed by atoms with Gasteiger partial charge >= 0.3 is 17.9 Å². The molecule has 0 radical (unpaired) electrons. The number of nitrogens with zero attached hydrogens (tertiary/aromatic N) is 2. The number of hydrogen-bond donors (Lipinski definition) is 0. The summed E-state index contributed by atoms with van der Waals surface area (Å²) in [5.74, 6) is -0.106. The fraction of sp³-hybridized carbons (Fsp3) is 0.955. The highest BCUT2D eigenvalue weighted by molar-refractivity contribution is 5.70. The fourth-order valence-electron chi connectivity index (χ4n) is 9.14. The van der Waals surface area contributed by atoms with Gasteiger partial charge in [0, 0.05) is 32.4 Å². The summed E-state index contributed by atoms with van der Waals surface area (Å²) in [4.78, 5) is 38.7. The van der Waals surface area contributed by atoms with Crippen molar-refractivity contribution in [1.29, 1.82) is 0 Å². The van der Waals surface area contributed by atoms with Crippen molar-refractivity contribution in [3.05, 3.63) is 0 Å². The molecule has 0 atom stereocenters. The number of hydrogen-bond acceptors (Lipinski definition) is 8. The van der Waals surface area contributed by atoms with Crippen molar-refractivity contribution in [2.24, 2.45) is 0 Å². The highest BCUT2D eigenvalue weighted by Gasteiger charge is 2.15. The van der Waals surface area contributed by atoms with Crippen LogP contribution in [0.5, 0.6) is 0 Å². The summed E-state index contributed by atoms with van der Waals surface area (Å²) in [5.41, 5.74) is -0.341. The molecule has 444 valence electrons. The third-order valence-electron chi connectivity index (χ3n) is 14.0. The van der Waals surface area contributed by atoms with E-state index in [-0.39, 0.29) is 23.5 Å². The molecule has 8 nitrogen and oxygen atoms in total. The lowest BCUT2D eigenvalue weighted by Crippen LogP contribution is -2.23. The predicted molar refractivity (Wildman–Crippen MR) is 324 cm³/mol. The molecule has 0 rings (SSSR count). The number of ether oxygens (including phenoxy) is 3. The largest absolute Gasteiger partial charge is 0.464 e. The third kappa shape index (κ3) is 76.8. The van der Waals surface area contributed by atoms with E-state index in [1.165, 1.54) is 263 Å². The van der Waals surface area contributed by atoms with E-state index in [4.69, 9.17) is 14.2 Å². The maximum Gasteiger partial charge on any atom is 0.306 e. The number of rotatable bonds is 54. The van der Waals surface area contributed by atoms with Crippen LogP contribution >= 0.6 is 0 Å². The maximum absolute atomic E-state index is 11.6. The Hall–Kier alpha value is -1.67. The molecule has 0 saturated carbocycles. The van der Waals surface area contributed by atoms with Gasteiger partial charge in [-0.1, -0.05) is 290 Å². The molecule has 0 aromatic carbocycles. The molecule has 0 fully saturated rings. The molecule has 0 bridgehead atoms. The van der Waals surface area contributed by atoms with Crippen molar-refractivity contribution in [1.82, 2.24) is 9.80 Å². The molecule has 8 heteroatoms. The first kappa shape index (κ1) is 76.6. The van der Waals surface area contributed by atoms with E-state index in [0.717, 1.165) is 38.8 Å². The van der Waals surface area contributed by atoms with Crippen LogP contribution in [0.4, 0.5) is 0 Å². The molecule has 0 heterocycles. The zero-order chi connectivity index (χ0) is 55.3. The molecule has 0 aliphatic heterocycles. The normalized spacial score (nSPS) is 11.4. The summed E-state index contributed by atoms with van der Waals surface area (Å²) in [6, 6.07) is 0. The van der Waals surface area contributed by atoms with Crippen molar-refractivity contribution in [3.63, 3.8) is 0 Å². The van der Waals surface area contributed by atoms with Crippen molar-refractivity contribution in [2.75, 3.05) is 54.5 Å². The van der Waals surface area contributed by atoms with E-state index in [0.29, 0.717) is 32.5 Å². The number of likely N-dealkylation sites (N-methyl/N-ethyl adjacent to an activating group) is 2. The van der Waals surface area contributed by atoms with Crippen LogP contribution in [0.2, 0.25) is 0 Å². The molecular weight excluding hydrogens is 917 g/mol. The number of unbranched alkanes of at least 4 members (excludes halogenated alkanes) is 42. The Morgan fingerprint density at radius 1 is 0.284 bits per heavy atom. The Bertz CT molecular complexity index is 1050. The number of carbonyl (C=O) groups excluding carboxylic acids is 3. The van der Waals surface area contributed by atoms with Gasteiger partial charge in [0.2, 0.25) is 0 Å². The van der Waals surface area contributed by atoms with E-state index >= 15 is 0 Å². The van der Waals surface area contributed by atoms with E-state index in [2.05, 4.69) is 20.8 Å². The van der Waals surface area contributed by atoms with Crippen LogP contribution in [0.1, 0.15) is 350 Å². The molecule has 74 heavy (non-hydrogen) atoms. The SMILES string of the molecule is CCCCCCCCCCCCCCCCCC(=O)OC(C)(C)C.CCCCCCCCCCCCCCCCCC(=O)OCCN(C)C.CCCCCCCCCCCCCCCCCC(=O)OCCN(C)C. The van der Waals surface area contributed by atoms with Gasteiger partial charge in [-0.05, 0) is 68.2 Å². The Morgan fingerprint density at radius 2 is 0.459 bits per heavy atom. The minimum Gasteiger partial charge on any atom is -0.464 e. The third-order valence-corrected chi connectivity index (χ3v) is 14.0. The first-order valence-corrected chi connectivity index (χ1v) is 32.6. The maximum atomic E-state index is 11.6. The van der Waals surface area contributed by atoms with E-state index in [9.17, 15) is 14.4 Å². The lowest BCUT2D eigenvalue weighted by atomic mass is 10.0. The van der Waals surface area contributed by atoms with Gasteiger partial charge in [0.05, 0.1) is 0 Å². The minimum atomic E-state index is -0.341. The first-order chi connectivity index (χ1) is 35.8. The second-order valence-corrected chi connectivity index (χ2v) is 23.7. The van der Waals surface area contributed by atoms with Gasteiger partial charge in [0.1, 0.15) is 18.8 Å². The minimum absolute atomic E-state index is 0.0310. The topological polar surface area (TPSA) is 85.4 Å². The summed E-state index contributed by atoms with van der Waals surface area (Å²) in [7, 11) is 7.95. The second-order valence-electron chi connectivity index (χ2n) is 23.7. The lowest BCUT2D eigenvalue weighted by molar-refractivity contribution is -0.155. The van der Waals surface area contributed by atoms with Gasteiger partial charge in [-0.25, -0.2) is 0 Å². The molecule has 0 aliphatic carbocycles. The number of carbonyl (C=O) groups is 3. The smallest absolute Gasteiger partial charge is 0.306 e. The van der Waals surface area contributed by atoms with Crippen molar-refractivity contribution in [3.8, 4) is 0 Å². The molecular formula is C66H134N2O6. The average molecular weight is 1050 g/mol. The zero-order valence-electron chi connectivity index (χ0n) is 52.1. The Kier molecular flexibility index (Phi) is 66.1. The monoisotopic (exact) mass is 1050 g/mol. The molecule has 0 saturated heterocycles. The summed E-state index contributed by atoms with van der Waals surface area (Å²) in [6.07, 6.45) is 62.6. The standard InChI is InChI=1S/2C22H45NO2.C22H44O2/c2*1-4-5-6-7-8-9-10-11-12-13-14-15-16-17-18-19-22(24)25-21-20-23(2)3;1-5-6-7-8-9-10-11-12-13-14-15-16-17-18-19-20-21(23)24-22(2,3)4/h2*4-21H2,1-3H3;5-20H2,1-4H3. The summed E-state index contributed by atoms with van der Waals surface area (Å²) < 4.78 is 15.7. The Labute approximate surface area is 464 Å². The Morgan fingerprint density at radius 3 is 0.635 bits per heavy atom. The van der Waals surface area contributed by atoms with E-state index < -0.39 is 0 Å². The first-order valence-electron chi connectivity index (χ1n) is 32.6. The Balaban J connectivity index is -0.00000102. The molecule has 0 N–H and O–H groups in total. The van der Waals surface area contributed by atoms with Gasteiger partial charge in [-0.3, -0.25) is 14.4 Å². The fourth-order valence-corrected chi connectivity index (χ4v) is 9.14. The van der Waals surface area contributed by atoms with Gasteiger partial charge < -0.3 is 24.0 Å². The highest BCUT2D eigenvalue weighted by Crippen LogP contribution is 2.18. The highest BCUT2D eigenvalue weighted by atomic mass is 16.6. The van der Waals surface area contributed by atoms with Gasteiger partial charge in [-0.2, -0.15) is 0 Å². The molecule has 0 unspecified atom stereocenters. The van der Waals surface area contributed by atoms with Gasteiger partial charge in [0.25, 0.3) is 0 Å². The van der Waals surface area contributed by atoms with Crippen LogP contribution in [-0.2, 0) is 28.6 Å². The quantitative estimate of drug-likeness (QED) is 0.0338. The van der Waals surface area contributed by atoms with Crippen LogP contribution < -0.4 is 0 Å². The van der Waals surface area contributed by atoms with Gasteiger partial charge in [-0.15, -0.1) is 0 Å². The lowest BCUT2D eigenvalue weighted by Gasteiger charge is -2.19. The number of esters is 3. The van der Waals surface area contributed by atoms with Gasteiger partial charge in [0.15, 0.2) is 0 Å². The van der Waals surface area contributed by atoms with Crippen LogP contribution in [0, 0.1) is 0 Å². The summed E-state index contributed by atoms with van der Waals surface area (Å²) >= 11 is 0. The molecule has 0 amide bonds. The van der Waals surface area contributed by atoms with Crippen molar-refractivity contribution in [2.45, 2.75) is 355 Å². The van der Waals surface area contributed by atoms with Crippen molar-refractivity contribution < 1.29 is 28.6 Å². The molecule has 0 spiro atoms. The van der Waals surface area contributed by atoms with Crippen molar-refractivity contribution >= 4 is 17.9 Å².